The number of aromatic nitrogens is 3. The Morgan fingerprint density at radius 2 is 1.86 bits per heavy atom. The third-order valence-electron chi connectivity index (χ3n) is 4.74. The Balaban J connectivity index is 2.01. The fraction of sp³-hybridized carbons (Fsp3) is 0.318. The van der Waals surface area contributed by atoms with Gasteiger partial charge in [0.1, 0.15) is 0 Å². The van der Waals surface area contributed by atoms with E-state index in [1.165, 1.54) is 0 Å². The van der Waals surface area contributed by atoms with Gasteiger partial charge in [0.25, 0.3) is 5.91 Å². The number of benzene rings is 2. The van der Waals surface area contributed by atoms with Gasteiger partial charge in [0, 0.05) is 25.8 Å². The van der Waals surface area contributed by atoms with E-state index in [1.54, 1.807) is 11.8 Å². The van der Waals surface area contributed by atoms with Crippen molar-refractivity contribution in [2.45, 2.75) is 27.2 Å². The Kier molecular flexibility index (Phi) is 6.21. The molecular formula is C22H26N4O2. The van der Waals surface area contributed by atoms with Gasteiger partial charge in [-0.25, -0.2) is 9.67 Å². The van der Waals surface area contributed by atoms with Crippen LogP contribution in [0.5, 0.6) is 0 Å². The molecule has 1 amide bonds. The Hall–Kier alpha value is -2.99. The zero-order valence-corrected chi connectivity index (χ0v) is 16.8. The van der Waals surface area contributed by atoms with Gasteiger partial charge in [-0.2, -0.15) is 0 Å². The van der Waals surface area contributed by atoms with Crippen LogP contribution in [0.15, 0.2) is 42.5 Å². The summed E-state index contributed by atoms with van der Waals surface area (Å²) in [4.78, 5) is 17.1. The molecule has 3 rings (SSSR count). The topological polar surface area (TPSA) is 69.0 Å². The largest absolute Gasteiger partial charge is 0.385 e. The molecule has 146 valence electrons. The molecule has 6 heteroatoms. The zero-order chi connectivity index (χ0) is 20.1. The lowest BCUT2D eigenvalue weighted by atomic mass is 10.1. The summed E-state index contributed by atoms with van der Waals surface area (Å²) in [6, 6.07) is 14.1. The van der Waals surface area contributed by atoms with Gasteiger partial charge in [-0.15, -0.1) is 5.10 Å². The quantitative estimate of drug-likeness (QED) is 0.638. The molecule has 6 nitrogen and oxygen atoms in total. The predicted octanol–water partition coefficient (Wildman–Crippen LogP) is 3.63. The summed E-state index contributed by atoms with van der Waals surface area (Å²) < 4.78 is 6.78. The van der Waals surface area contributed by atoms with Crippen LogP contribution in [-0.2, 0) is 4.74 Å². The van der Waals surface area contributed by atoms with Gasteiger partial charge in [0.2, 0.25) is 5.82 Å². The van der Waals surface area contributed by atoms with Gasteiger partial charge in [0.15, 0.2) is 5.82 Å². The molecule has 0 atom stereocenters. The molecule has 0 unspecified atom stereocenters. The van der Waals surface area contributed by atoms with E-state index in [4.69, 9.17) is 4.74 Å². The van der Waals surface area contributed by atoms with E-state index in [0.29, 0.717) is 19.0 Å². The fourth-order valence-electron chi connectivity index (χ4n) is 2.93. The lowest BCUT2D eigenvalue weighted by molar-refractivity contribution is 0.0938. The van der Waals surface area contributed by atoms with Gasteiger partial charge in [0.05, 0.1) is 5.69 Å². The molecule has 0 saturated carbocycles. The van der Waals surface area contributed by atoms with E-state index in [1.807, 2.05) is 43.3 Å². The summed E-state index contributed by atoms with van der Waals surface area (Å²) in [5.41, 5.74) is 5.26. The molecule has 0 aliphatic carbocycles. The maximum atomic E-state index is 12.6. The average molecular weight is 378 g/mol. The van der Waals surface area contributed by atoms with Crippen molar-refractivity contribution in [3.8, 4) is 17.1 Å². The molecule has 2 aromatic carbocycles. The highest BCUT2D eigenvalue weighted by molar-refractivity contribution is 5.91. The lowest BCUT2D eigenvalue weighted by Gasteiger charge is -2.11. The van der Waals surface area contributed by atoms with Gasteiger partial charge in [-0.3, -0.25) is 4.79 Å². The van der Waals surface area contributed by atoms with Gasteiger partial charge < -0.3 is 10.1 Å². The highest BCUT2D eigenvalue weighted by Crippen LogP contribution is 2.25. The first kappa shape index (κ1) is 19.8. The van der Waals surface area contributed by atoms with Crippen molar-refractivity contribution in [2.75, 3.05) is 20.3 Å². The van der Waals surface area contributed by atoms with Crippen LogP contribution >= 0.6 is 0 Å². The van der Waals surface area contributed by atoms with Crippen LogP contribution in [0, 0.1) is 20.8 Å². The normalized spacial score (nSPS) is 10.9. The fourth-order valence-corrected chi connectivity index (χ4v) is 2.93. The smallest absolute Gasteiger partial charge is 0.290 e. The minimum atomic E-state index is -0.284. The van der Waals surface area contributed by atoms with Crippen molar-refractivity contribution < 1.29 is 9.53 Å². The second-order valence-corrected chi connectivity index (χ2v) is 6.86. The molecule has 1 aromatic heterocycles. The molecule has 3 aromatic rings. The van der Waals surface area contributed by atoms with E-state index < -0.39 is 0 Å². The van der Waals surface area contributed by atoms with Gasteiger partial charge in [-0.05, 0) is 44.4 Å². The van der Waals surface area contributed by atoms with E-state index in [2.05, 4.69) is 35.3 Å². The number of ether oxygens (including phenoxy) is 1. The minimum Gasteiger partial charge on any atom is -0.385 e. The number of amides is 1. The van der Waals surface area contributed by atoms with Crippen molar-refractivity contribution in [3.63, 3.8) is 0 Å². The summed E-state index contributed by atoms with van der Waals surface area (Å²) >= 11 is 0. The van der Waals surface area contributed by atoms with Crippen molar-refractivity contribution in [2.24, 2.45) is 0 Å². The Labute approximate surface area is 165 Å². The maximum Gasteiger partial charge on any atom is 0.290 e. The number of aryl methyl sites for hydroxylation is 2. The van der Waals surface area contributed by atoms with E-state index in [0.717, 1.165) is 34.4 Å². The summed E-state index contributed by atoms with van der Waals surface area (Å²) in [5, 5.41) is 7.40. The summed E-state index contributed by atoms with van der Waals surface area (Å²) in [5.74, 6) is 0.526. The number of carbonyl (C=O) groups is 1. The lowest BCUT2D eigenvalue weighted by Crippen LogP contribution is -2.26. The predicted molar refractivity (Wildman–Crippen MR) is 110 cm³/mol. The summed E-state index contributed by atoms with van der Waals surface area (Å²) in [6.45, 7) is 7.27. The molecule has 1 N–H and O–H groups in total. The van der Waals surface area contributed by atoms with Crippen LogP contribution in [0.3, 0.4) is 0 Å². The number of carbonyl (C=O) groups excluding carboxylic acids is 1. The standard InChI is InChI=1S/C22H26N4O2/c1-15-9-11-18(12-10-15)21-24-20(22(27)23-13-6-14-28-4)25-26(21)19-8-5-7-16(2)17(19)3/h5,7-12H,6,13-14H2,1-4H3,(H,23,27). The van der Waals surface area contributed by atoms with Crippen molar-refractivity contribution in [3.05, 3.63) is 65.0 Å². The number of hydrogen-bond donors (Lipinski definition) is 1. The summed E-state index contributed by atoms with van der Waals surface area (Å²) in [7, 11) is 1.64. The third-order valence-corrected chi connectivity index (χ3v) is 4.74. The molecule has 1 heterocycles. The maximum absolute atomic E-state index is 12.6. The molecular weight excluding hydrogens is 352 g/mol. The Morgan fingerprint density at radius 1 is 1.11 bits per heavy atom. The van der Waals surface area contributed by atoms with Crippen molar-refractivity contribution in [1.82, 2.24) is 20.1 Å². The monoisotopic (exact) mass is 378 g/mol. The van der Waals surface area contributed by atoms with Crippen molar-refractivity contribution in [1.29, 1.82) is 0 Å². The molecule has 0 saturated heterocycles. The zero-order valence-electron chi connectivity index (χ0n) is 16.8. The highest BCUT2D eigenvalue weighted by atomic mass is 16.5. The summed E-state index contributed by atoms with van der Waals surface area (Å²) in [6.07, 6.45) is 0.741. The molecule has 0 aliphatic heterocycles. The number of nitrogens with zero attached hydrogens (tertiary/aromatic N) is 3. The van der Waals surface area contributed by atoms with Gasteiger partial charge >= 0.3 is 0 Å². The van der Waals surface area contributed by atoms with Crippen LogP contribution in [0.4, 0.5) is 0 Å². The molecule has 0 aliphatic rings. The Morgan fingerprint density at radius 3 is 2.57 bits per heavy atom. The molecule has 0 spiro atoms. The van der Waals surface area contributed by atoms with Crippen LogP contribution in [0.1, 0.15) is 33.7 Å². The second-order valence-electron chi connectivity index (χ2n) is 6.86. The molecule has 0 fully saturated rings. The Bertz CT molecular complexity index is 961. The number of nitrogens with one attached hydrogen (secondary N) is 1. The van der Waals surface area contributed by atoms with Crippen LogP contribution in [0.2, 0.25) is 0 Å². The van der Waals surface area contributed by atoms with Crippen LogP contribution in [-0.4, -0.2) is 40.9 Å². The number of methoxy groups -OCH3 is 1. The average Bonchev–Trinajstić information content (AvgIpc) is 3.13. The minimum absolute atomic E-state index is 0.161. The number of hydrogen-bond acceptors (Lipinski definition) is 4. The first-order valence-corrected chi connectivity index (χ1v) is 9.39. The SMILES string of the molecule is COCCCNC(=O)c1nc(-c2ccc(C)cc2)n(-c2cccc(C)c2C)n1. The second kappa shape index (κ2) is 8.80. The van der Waals surface area contributed by atoms with Gasteiger partial charge in [-0.1, -0.05) is 42.0 Å². The van der Waals surface area contributed by atoms with E-state index >= 15 is 0 Å². The highest BCUT2D eigenvalue weighted by Gasteiger charge is 2.19. The first-order chi connectivity index (χ1) is 13.5. The molecule has 0 bridgehead atoms. The molecule has 0 radical (unpaired) electrons. The van der Waals surface area contributed by atoms with E-state index in [-0.39, 0.29) is 11.7 Å². The first-order valence-electron chi connectivity index (χ1n) is 9.39. The van der Waals surface area contributed by atoms with Crippen LogP contribution in [0.25, 0.3) is 17.1 Å². The third kappa shape index (κ3) is 4.28. The van der Waals surface area contributed by atoms with Crippen molar-refractivity contribution >= 4 is 5.91 Å². The number of rotatable bonds is 7. The van der Waals surface area contributed by atoms with E-state index in [9.17, 15) is 4.79 Å². The molecule has 28 heavy (non-hydrogen) atoms. The van der Waals surface area contributed by atoms with Crippen LogP contribution < -0.4 is 5.32 Å².